The van der Waals surface area contributed by atoms with Crippen molar-refractivity contribution in [2.75, 3.05) is 26.2 Å². The van der Waals surface area contributed by atoms with Gasteiger partial charge in [0.25, 0.3) is 5.91 Å². The number of hydrogen-bond donors (Lipinski definition) is 0. The molecule has 2 fully saturated rings. The van der Waals surface area contributed by atoms with Crippen LogP contribution in [0.4, 0.5) is 0 Å². The predicted octanol–water partition coefficient (Wildman–Crippen LogP) is 2.81. The molecule has 0 spiro atoms. The van der Waals surface area contributed by atoms with Gasteiger partial charge in [-0.05, 0) is 49.9 Å². The molecule has 1 aromatic carbocycles. The largest absolute Gasteiger partial charge is 0.342 e. The fourth-order valence-electron chi connectivity index (χ4n) is 3.75. The minimum absolute atomic E-state index is 0.00911. The summed E-state index contributed by atoms with van der Waals surface area (Å²) in [6, 6.07) is 8.81. The van der Waals surface area contributed by atoms with Crippen molar-refractivity contribution in [3.05, 3.63) is 35.4 Å². The summed E-state index contributed by atoms with van der Waals surface area (Å²) in [5, 5.41) is 8.84. The van der Waals surface area contributed by atoms with Crippen molar-refractivity contribution in [1.82, 2.24) is 9.80 Å². The molecular weight excluding hydrogens is 314 g/mol. The number of likely N-dealkylation sites (tertiary alicyclic amines) is 2. The molecule has 0 N–H and O–H groups in total. The van der Waals surface area contributed by atoms with Gasteiger partial charge in [0.2, 0.25) is 5.91 Å². The SMILES string of the molecule is N#Cc1ccc(C(=O)N2CCC(C(=O)N3CCCCCC3)CC2)cc1. The van der Waals surface area contributed by atoms with Gasteiger partial charge in [-0.25, -0.2) is 0 Å². The minimum atomic E-state index is -0.00911. The molecule has 0 atom stereocenters. The van der Waals surface area contributed by atoms with E-state index in [1.165, 1.54) is 12.8 Å². The van der Waals surface area contributed by atoms with Crippen molar-refractivity contribution < 1.29 is 9.59 Å². The molecule has 2 saturated heterocycles. The summed E-state index contributed by atoms with van der Waals surface area (Å²) in [7, 11) is 0. The summed E-state index contributed by atoms with van der Waals surface area (Å²) in [4.78, 5) is 29.1. The summed E-state index contributed by atoms with van der Waals surface area (Å²) in [5.41, 5.74) is 1.16. The van der Waals surface area contributed by atoms with Crippen LogP contribution in [-0.2, 0) is 4.79 Å². The summed E-state index contributed by atoms with van der Waals surface area (Å²) >= 11 is 0. The van der Waals surface area contributed by atoms with E-state index in [1.807, 2.05) is 9.80 Å². The summed E-state index contributed by atoms with van der Waals surface area (Å²) in [6.07, 6.45) is 6.17. The standard InChI is InChI=1S/C20H25N3O2/c21-15-16-5-7-17(8-6-16)19(24)23-13-9-18(10-14-23)20(25)22-11-3-1-2-4-12-22/h5-8,18H,1-4,9-14H2. The highest BCUT2D eigenvalue weighted by atomic mass is 16.2. The van der Waals surface area contributed by atoms with Gasteiger partial charge in [0.05, 0.1) is 11.6 Å². The lowest BCUT2D eigenvalue weighted by atomic mass is 9.94. The Morgan fingerprint density at radius 3 is 2.04 bits per heavy atom. The number of carbonyl (C=O) groups is 2. The lowest BCUT2D eigenvalue weighted by molar-refractivity contribution is -0.136. The Labute approximate surface area is 149 Å². The number of amides is 2. The third kappa shape index (κ3) is 4.19. The highest BCUT2D eigenvalue weighted by Gasteiger charge is 2.30. The van der Waals surface area contributed by atoms with Gasteiger partial charge in [-0.15, -0.1) is 0 Å². The first-order valence-electron chi connectivity index (χ1n) is 9.27. The third-order valence-corrected chi connectivity index (χ3v) is 5.31. The molecule has 0 unspecified atom stereocenters. The van der Waals surface area contributed by atoms with E-state index >= 15 is 0 Å². The Morgan fingerprint density at radius 1 is 0.880 bits per heavy atom. The Balaban J connectivity index is 1.54. The van der Waals surface area contributed by atoms with Crippen molar-refractivity contribution in [2.24, 2.45) is 5.92 Å². The van der Waals surface area contributed by atoms with Gasteiger partial charge in [0, 0.05) is 37.7 Å². The molecule has 0 aliphatic carbocycles. The smallest absolute Gasteiger partial charge is 0.253 e. The molecule has 1 aromatic rings. The number of rotatable bonds is 2. The van der Waals surface area contributed by atoms with Crippen molar-refractivity contribution >= 4 is 11.8 Å². The van der Waals surface area contributed by atoms with E-state index in [2.05, 4.69) is 6.07 Å². The Hall–Kier alpha value is -2.35. The fourth-order valence-corrected chi connectivity index (χ4v) is 3.75. The van der Waals surface area contributed by atoms with Gasteiger partial charge in [-0.2, -0.15) is 5.26 Å². The van der Waals surface area contributed by atoms with E-state index in [0.717, 1.165) is 38.8 Å². The van der Waals surface area contributed by atoms with Gasteiger partial charge < -0.3 is 9.80 Å². The predicted molar refractivity (Wildman–Crippen MR) is 94.8 cm³/mol. The molecule has 0 radical (unpaired) electrons. The van der Waals surface area contributed by atoms with Crippen LogP contribution in [0, 0.1) is 17.2 Å². The summed E-state index contributed by atoms with van der Waals surface area (Å²) in [6.45, 7) is 3.04. The van der Waals surface area contributed by atoms with E-state index in [9.17, 15) is 9.59 Å². The maximum atomic E-state index is 12.7. The second-order valence-corrected chi connectivity index (χ2v) is 7.00. The molecule has 2 amide bonds. The van der Waals surface area contributed by atoms with Gasteiger partial charge in [0.1, 0.15) is 0 Å². The lowest BCUT2D eigenvalue weighted by Crippen LogP contribution is -2.44. The van der Waals surface area contributed by atoms with E-state index in [0.29, 0.717) is 24.2 Å². The number of piperidine rings is 1. The van der Waals surface area contributed by atoms with Crippen molar-refractivity contribution in [3.8, 4) is 6.07 Å². The first-order valence-corrected chi connectivity index (χ1v) is 9.27. The molecule has 25 heavy (non-hydrogen) atoms. The summed E-state index contributed by atoms with van der Waals surface area (Å²) in [5.74, 6) is 0.334. The highest BCUT2D eigenvalue weighted by molar-refractivity contribution is 5.94. The van der Waals surface area contributed by atoms with Crippen LogP contribution in [-0.4, -0.2) is 47.8 Å². The van der Waals surface area contributed by atoms with Crippen LogP contribution >= 0.6 is 0 Å². The van der Waals surface area contributed by atoms with Gasteiger partial charge >= 0.3 is 0 Å². The van der Waals surface area contributed by atoms with Gasteiger partial charge in [0.15, 0.2) is 0 Å². The van der Waals surface area contributed by atoms with Crippen LogP contribution in [0.3, 0.4) is 0 Å². The molecule has 5 heteroatoms. The maximum absolute atomic E-state index is 12.7. The molecule has 2 aliphatic rings. The molecule has 0 saturated carbocycles. The normalized spacial score (nSPS) is 19.2. The molecule has 132 valence electrons. The Bertz CT molecular complexity index is 647. The van der Waals surface area contributed by atoms with Crippen LogP contribution in [0.15, 0.2) is 24.3 Å². The van der Waals surface area contributed by atoms with E-state index in [4.69, 9.17) is 5.26 Å². The first-order chi connectivity index (χ1) is 12.2. The molecule has 0 aromatic heterocycles. The second kappa shape index (κ2) is 8.15. The molecule has 2 heterocycles. The monoisotopic (exact) mass is 339 g/mol. The number of hydrogen-bond acceptors (Lipinski definition) is 3. The van der Waals surface area contributed by atoms with E-state index in [1.54, 1.807) is 24.3 Å². The Kier molecular flexibility index (Phi) is 5.70. The average molecular weight is 339 g/mol. The van der Waals surface area contributed by atoms with Crippen LogP contribution in [0.1, 0.15) is 54.4 Å². The first kappa shape index (κ1) is 17.5. The minimum Gasteiger partial charge on any atom is -0.342 e. The van der Waals surface area contributed by atoms with E-state index < -0.39 is 0 Å². The zero-order chi connectivity index (χ0) is 17.6. The average Bonchev–Trinajstić information content (AvgIpc) is 2.96. The topological polar surface area (TPSA) is 64.4 Å². The number of carbonyl (C=O) groups excluding carboxylic acids is 2. The Morgan fingerprint density at radius 2 is 1.48 bits per heavy atom. The van der Waals surface area contributed by atoms with Crippen LogP contribution in [0.5, 0.6) is 0 Å². The second-order valence-electron chi connectivity index (χ2n) is 7.00. The maximum Gasteiger partial charge on any atom is 0.253 e. The molecule has 5 nitrogen and oxygen atoms in total. The number of benzene rings is 1. The quantitative estimate of drug-likeness (QED) is 0.832. The van der Waals surface area contributed by atoms with Crippen molar-refractivity contribution in [3.63, 3.8) is 0 Å². The zero-order valence-electron chi connectivity index (χ0n) is 14.6. The van der Waals surface area contributed by atoms with Gasteiger partial charge in [-0.3, -0.25) is 9.59 Å². The molecule has 3 rings (SSSR count). The molecule has 2 aliphatic heterocycles. The number of nitrogens with zero attached hydrogens (tertiary/aromatic N) is 3. The lowest BCUT2D eigenvalue weighted by Gasteiger charge is -2.34. The molecular formula is C20H25N3O2. The summed E-state index contributed by atoms with van der Waals surface area (Å²) < 4.78 is 0. The number of nitriles is 1. The van der Waals surface area contributed by atoms with Crippen LogP contribution in [0.2, 0.25) is 0 Å². The van der Waals surface area contributed by atoms with Crippen molar-refractivity contribution in [1.29, 1.82) is 5.26 Å². The molecule has 0 bridgehead atoms. The third-order valence-electron chi connectivity index (χ3n) is 5.31. The van der Waals surface area contributed by atoms with E-state index in [-0.39, 0.29) is 17.7 Å². The van der Waals surface area contributed by atoms with Crippen LogP contribution < -0.4 is 0 Å². The zero-order valence-corrected chi connectivity index (χ0v) is 14.6. The van der Waals surface area contributed by atoms with Crippen LogP contribution in [0.25, 0.3) is 0 Å². The van der Waals surface area contributed by atoms with Gasteiger partial charge in [-0.1, -0.05) is 12.8 Å². The van der Waals surface area contributed by atoms with Crippen molar-refractivity contribution in [2.45, 2.75) is 38.5 Å². The highest BCUT2D eigenvalue weighted by Crippen LogP contribution is 2.23. The fraction of sp³-hybridized carbons (Fsp3) is 0.550.